The molecule has 194 valence electrons. The first-order valence-electron chi connectivity index (χ1n) is 11.8. The molecule has 0 saturated heterocycles. The Morgan fingerprint density at radius 2 is 1.86 bits per heavy atom. The summed E-state index contributed by atoms with van der Waals surface area (Å²) >= 11 is 0. The highest BCUT2D eigenvalue weighted by atomic mass is 19.1. The van der Waals surface area contributed by atoms with E-state index >= 15 is 0 Å². The minimum Gasteiger partial charge on any atom is -0.450 e. The fourth-order valence-electron chi connectivity index (χ4n) is 4.98. The van der Waals surface area contributed by atoms with Gasteiger partial charge < -0.3 is 20.7 Å². The summed E-state index contributed by atoms with van der Waals surface area (Å²) in [6, 6.07) is 6.37. The van der Waals surface area contributed by atoms with Gasteiger partial charge >= 0.3 is 6.16 Å². The quantitative estimate of drug-likeness (QED) is 0.315. The molecule has 0 radical (unpaired) electrons. The Morgan fingerprint density at radius 1 is 1.16 bits per heavy atom. The van der Waals surface area contributed by atoms with Crippen molar-refractivity contribution in [2.45, 2.75) is 38.5 Å². The fourth-order valence-corrected chi connectivity index (χ4v) is 4.98. The first kappa shape index (κ1) is 26.0. The number of Topliss-reactive ketones (excluding diaryl/α,β-unsaturated/α-hetero) is 1. The maximum atomic E-state index is 13.8. The number of nitrogens with zero attached hydrogens (tertiary/aromatic N) is 4. The Bertz CT molecular complexity index is 1460. The molecule has 0 amide bonds. The van der Waals surface area contributed by atoms with Crippen LogP contribution in [0.25, 0.3) is 27.7 Å². The summed E-state index contributed by atoms with van der Waals surface area (Å²) in [4.78, 5) is 30.5. The number of carboxylic acid groups (broad SMARTS) is 2. The van der Waals surface area contributed by atoms with Crippen molar-refractivity contribution in [1.29, 1.82) is 0 Å². The van der Waals surface area contributed by atoms with E-state index in [2.05, 4.69) is 10.1 Å². The van der Waals surface area contributed by atoms with E-state index < -0.39 is 6.16 Å². The molecule has 3 heterocycles. The molecule has 0 spiro atoms. The lowest BCUT2D eigenvalue weighted by molar-refractivity contribution is 0.101. The number of ether oxygens (including phenoxy) is 1. The predicted molar refractivity (Wildman–Crippen MR) is 135 cm³/mol. The summed E-state index contributed by atoms with van der Waals surface area (Å²) in [5.74, 6) is 0.545. The zero-order valence-electron chi connectivity index (χ0n) is 20.5. The number of nitrogen functional groups attached to an aromatic ring is 1. The zero-order valence-corrected chi connectivity index (χ0v) is 20.5. The molecule has 3 aromatic heterocycles. The highest BCUT2D eigenvalue weighted by Crippen LogP contribution is 2.39. The van der Waals surface area contributed by atoms with Gasteiger partial charge in [-0.25, -0.2) is 14.2 Å². The second-order valence-electron chi connectivity index (χ2n) is 9.12. The molecule has 0 unspecified atom stereocenters. The zero-order chi connectivity index (χ0) is 26.7. The van der Waals surface area contributed by atoms with E-state index in [1.807, 2.05) is 6.07 Å². The number of hydrogen-bond acceptors (Lipinski definition) is 7. The minimum atomic E-state index is -1.83. The Balaban J connectivity index is 0.000000747. The van der Waals surface area contributed by atoms with Gasteiger partial charge in [0.2, 0.25) is 0 Å². The smallest absolute Gasteiger partial charge is 0.450 e. The Morgan fingerprint density at radius 3 is 2.51 bits per heavy atom. The number of rotatable bonds is 5. The van der Waals surface area contributed by atoms with E-state index in [4.69, 9.17) is 30.5 Å². The Kier molecular flexibility index (Phi) is 7.63. The van der Waals surface area contributed by atoms with Crippen LogP contribution in [0.3, 0.4) is 0 Å². The second kappa shape index (κ2) is 10.9. The molecule has 4 N–H and O–H groups in total. The van der Waals surface area contributed by atoms with Crippen LogP contribution in [0.4, 0.5) is 15.0 Å². The van der Waals surface area contributed by atoms with Gasteiger partial charge in [0.15, 0.2) is 11.4 Å². The van der Waals surface area contributed by atoms with Gasteiger partial charge in [0.05, 0.1) is 23.0 Å². The minimum absolute atomic E-state index is 0.115. The number of carbonyl (C=O) groups excluding carboxylic acids is 1. The maximum Gasteiger partial charge on any atom is 0.503 e. The van der Waals surface area contributed by atoms with E-state index in [1.54, 1.807) is 25.6 Å². The molecule has 0 aliphatic heterocycles. The van der Waals surface area contributed by atoms with E-state index in [0.717, 1.165) is 49.1 Å². The van der Waals surface area contributed by atoms with E-state index in [9.17, 15) is 9.18 Å². The highest BCUT2D eigenvalue weighted by Gasteiger charge is 2.29. The van der Waals surface area contributed by atoms with E-state index in [-0.39, 0.29) is 17.5 Å². The summed E-state index contributed by atoms with van der Waals surface area (Å²) in [6.07, 6.45) is 5.46. The number of benzene rings is 1. The third-order valence-corrected chi connectivity index (χ3v) is 6.65. The van der Waals surface area contributed by atoms with Gasteiger partial charge in [-0.1, -0.05) is 0 Å². The van der Waals surface area contributed by atoms with Crippen LogP contribution in [0.1, 0.15) is 54.6 Å². The van der Waals surface area contributed by atoms with Crippen LogP contribution in [0, 0.1) is 11.7 Å². The first-order chi connectivity index (χ1) is 17.7. The number of aromatic nitrogens is 4. The molecule has 0 atom stereocenters. The van der Waals surface area contributed by atoms with Gasteiger partial charge in [0.1, 0.15) is 11.6 Å². The van der Waals surface area contributed by atoms with Crippen molar-refractivity contribution in [2.24, 2.45) is 5.92 Å². The molecular formula is C26H28FN5O5. The summed E-state index contributed by atoms with van der Waals surface area (Å²) in [5, 5.41) is 19.1. The van der Waals surface area contributed by atoms with Gasteiger partial charge in [0, 0.05) is 42.3 Å². The number of anilines is 1. The number of fused-ring (bicyclic) bond motifs is 2. The molecule has 11 heteroatoms. The lowest BCUT2D eigenvalue weighted by Gasteiger charge is -2.29. The van der Waals surface area contributed by atoms with Crippen molar-refractivity contribution in [3.05, 3.63) is 53.7 Å². The SMILES string of the molecule is COCC1CCC(c2nc3c(-c4cnc5ccc(F)cc5c4)cnn3c(N)c2C(C)=O)CC1.O=C(O)O. The van der Waals surface area contributed by atoms with Crippen LogP contribution < -0.4 is 5.73 Å². The van der Waals surface area contributed by atoms with Gasteiger partial charge in [-0.15, -0.1) is 0 Å². The van der Waals surface area contributed by atoms with Crippen molar-refractivity contribution in [3.8, 4) is 11.1 Å². The fraction of sp³-hybridized carbons (Fsp3) is 0.346. The van der Waals surface area contributed by atoms with Gasteiger partial charge in [-0.3, -0.25) is 9.78 Å². The third kappa shape index (κ3) is 5.51. The molecule has 10 nitrogen and oxygen atoms in total. The summed E-state index contributed by atoms with van der Waals surface area (Å²) < 4.78 is 20.6. The van der Waals surface area contributed by atoms with Crippen molar-refractivity contribution < 1.29 is 28.9 Å². The topological polar surface area (TPSA) is 153 Å². The molecule has 1 aromatic carbocycles. The van der Waals surface area contributed by atoms with E-state index in [0.29, 0.717) is 33.8 Å². The largest absolute Gasteiger partial charge is 0.503 e. The molecule has 37 heavy (non-hydrogen) atoms. The van der Waals surface area contributed by atoms with Crippen LogP contribution in [-0.4, -0.2) is 55.5 Å². The van der Waals surface area contributed by atoms with Crippen molar-refractivity contribution in [2.75, 3.05) is 19.5 Å². The standard InChI is InChI=1S/C25H26FN5O2.CH2O3/c1-14(32)22-23(16-5-3-15(4-6-16)13-33-2)30-25-20(12-29-31(25)24(22)27)18-9-17-10-19(26)7-8-21(17)28-11-18;2-1(3)4/h7-12,15-16H,3-6,13,27H2,1-2H3;(H2,2,3,4). The Hall–Kier alpha value is -4.12. The average molecular weight is 510 g/mol. The summed E-state index contributed by atoms with van der Waals surface area (Å²) in [7, 11) is 1.73. The van der Waals surface area contributed by atoms with Crippen molar-refractivity contribution in [1.82, 2.24) is 19.6 Å². The number of methoxy groups -OCH3 is 1. The van der Waals surface area contributed by atoms with Crippen molar-refractivity contribution in [3.63, 3.8) is 0 Å². The summed E-state index contributed by atoms with van der Waals surface area (Å²) in [5.41, 5.74) is 10.4. The van der Waals surface area contributed by atoms with Gasteiger partial charge in [-0.2, -0.15) is 9.61 Å². The van der Waals surface area contributed by atoms with Crippen LogP contribution >= 0.6 is 0 Å². The van der Waals surface area contributed by atoms with E-state index in [1.165, 1.54) is 23.6 Å². The molecule has 4 aromatic rings. The van der Waals surface area contributed by atoms with Crippen LogP contribution in [-0.2, 0) is 4.74 Å². The number of carbonyl (C=O) groups is 2. The van der Waals surface area contributed by atoms with Crippen molar-refractivity contribution >= 4 is 34.3 Å². The molecule has 5 rings (SSSR count). The Labute approximate surface area is 211 Å². The number of hydrogen-bond donors (Lipinski definition) is 3. The molecule has 0 bridgehead atoms. The predicted octanol–water partition coefficient (Wildman–Crippen LogP) is 5.01. The normalized spacial score (nSPS) is 17.4. The average Bonchev–Trinajstić information content (AvgIpc) is 3.28. The molecular weight excluding hydrogens is 481 g/mol. The van der Waals surface area contributed by atoms with Gasteiger partial charge in [-0.05, 0) is 62.8 Å². The van der Waals surface area contributed by atoms with Crippen LogP contribution in [0.5, 0.6) is 0 Å². The molecule has 1 saturated carbocycles. The second-order valence-corrected chi connectivity index (χ2v) is 9.12. The maximum absolute atomic E-state index is 13.8. The lowest BCUT2D eigenvalue weighted by Crippen LogP contribution is -2.21. The summed E-state index contributed by atoms with van der Waals surface area (Å²) in [6.45, 7) is 2.27. The molecule has 1 aliphatic rings. The third-order valence-electron chi connectivity index (χ3n) is 6.65. The lowest BCUT2D eigenvalue weighted by atomic mass is 9.79. The highest BCUT2D eigenvalue weighted by molar-refractivity contribution is 6.00. The number of halogens is 1. The van der Waals surface area contributed by atoms with Gasteiger partial charge in [0.25, 0.3) is 0 Å². The van der Waals surface area contributed by atoms with Crippen LogP contribution in [0.2, 0.25) is 0 Å². The monoisotopic (exact) mass is 509 g/mol. The molecule has 1 aliphatic carbocycles. The number of ketones is 1. The van der Waals surface area contributed by atoms with Crippen LogP contribution in [0.15, 0.2) is 36.7 Å². The molecule has 1 fully saturated rings. The first-order valence-corrected chi connectivity index (χ1v) is 11.8. The number of pyridine rings is 1. The number of nitrogens with two attached hydrogens (primary N) is 1.